The number of hydrogen-bond donors (Lipinski definition) is 3. The molecule has 150 valence electrons. The average Bonchev–Trinajstić information content (AvgIpc) is 3.10. The minimum Gasteiger partial charge on any atom is -0.357 e. The van der Waals surface area contributed by atoms with Crippen molar-refractivity contribution in [2.45, 2.75) is 39.2 Å². The Hall–Kier alpha value is -2.15. The predicted octanol–water partition coefficient (Wildman–Crippen LogP) is 1.52. The van der Waals surface area contributed by atoms with E-state index in [0.717, 1.165) is 32.1 Å². The number of likely N-dealkylation sites (tertiary alicyclic amines) is 1. The lowest BCUT2D eigenvalue weighted by Gasteiger charge is -2.21. The number of amides is 1. The first-order chi connectivity index (χ1) is 13.1. The Morgan fingerprint density at radius 1 is 1.26 bits per heavy atom. The lowest BCUT2D eigenvalue weighted by atomic mass is 10.1. The number of benzene rings is 1. The van der Waals surface area contributed by atoms with E-state index in [4.69, 9.17) is 0 Å². The number of nitrogens with zero attached hydrogens (tertiary/aromatic N) is 2. The number of aliphatic imine (C=N–C) groups is 1. The van der Waals surface area contributed by atoms with Gasteiger partial charge in [0.2, 0.25) is 5.91 Å². The zero-order valence-corrected chi connectivity index (χ0v) is 16.4. The summed E-state index contributed by atoms with van der Waals surface area (Å²) in [5.74, 6) is 0.339. The van der Waals surface area contributed by atoms with Gasteiger partial charge in [0.1, 0.15) is 5.82 Å². The first-order valence-corrected chi connectivity index (χ1v) is 9.89. The van der Waals surface area contributed by atoms with Crippen molar-refractivity contribution in [3.05, 3.63) is 35.6 Å². The highest BCUT2D eigenvalue weighted by Crippen LogP contribution is 2.16. The molecule has 1 aliphatic heterocycles. The summed E-state index contributed by atoms with van der Waals surface area (Å²) in [6, 6.07) is 6.65. The quantitative estimate of drug-likeness (QED) is 0.347. The summed E-state index contributed by atoms with van der Waals surface area (Å²) < 4.78 is 13.2. The number of halogens is 1. The van der Waals surface area contributed by atoms with Gasteiger partial charge >= 0.3 is 0 Å². The number of nitrogens with one attached hydrogen (secondary N) is 3. The Bertz CT molecular complexity index is 622. The fraction of sp³-hybridized carbons (Fsp3) is 0.600. The molecule has 2 rings (SSSR count). The van der Waals surface area contributed by atoms with Crippen molar-refractivity contribution < 1.29 is 9.18 Å². The third kappa shape index (κ3) is 7.54. The van der Waals surface area contributed by atoms with E-state index in [1.165, 1.54) is 25.0 Å². The number of carbonyl (C=O) groups is 1. The fourth-order valence-electron chi connectivity index (χ4n) is 3.33. The molecule has 6 nitrogen and oxygen atoms in total. The van der Waals surface area contributed by atoms with Gasteiger partial charge in [-0.3, -0.25) is 14.7 Å². The monoisotopic (exact) mass is 377 g/mol. The van der Waals surface area contributed by atoms with E-state index in [2.05, 4.69) is 32.8 Å². The van der Waals surface area contributed by atoms with Crippen LogP contribution in [0.2, 0.25) is 0 Å². The molecular weight excluding hydrogens is 345 g/mol. The molecule has 1 saturated heterocycles. The van der Waals surface area contributed by atoms with Gasteiger partial charge in [-0.15, -0.1) is 0 Å². The van der Waals surface area contributed by atoms with Gasteiger partial charge in [-0.05, 0) is 50.6 Å². The first-order valence-electron chi connectivity index (χ1n) is 9.89. The van der Waals surface area contributed by atoms with Crippen molar-refractivity contribution >= 4 is 11.9 Å². The molecule has 0 spiro atoms. The Balaban J connectivity index is 1.70. The number of likely N-dealkylation sites (N-methyl/N-ethyl adjacent to an activating group) is 1. The molecule has 0 saturated carbocycles. The van der Waals surface area contributed by atoms with Crippen LogP contribution in [0.1, 0.15) is 32.3 Å². The first kappa shape index (κ1) is 21.2. The van der Waals surface area contributed by atoms with Gasteiger partial charge in [0.15, 0.2) is 5.96 Å². The maximum absolute atomic E-state index is 13.2. The third-order valence-electron chi connectivity index (χ3n) is 4.70. The summed E-state index contributed by atoms with van der Waals surface area (Å²) in [6.45, 7) is 9.12. The highest BCUT2D eigenvalue weighted by atomic mass is 19.1. The van der Waals surface area contributed by atoms with Gasteiger partial charge < -0.3 is 16.0 Å². The SMILES string of the molecule is CCNC(=NCC1CCCN1CC)NCCNC(=O)Cc1cccc(F)c1. The van der Waals surface area contributed by atoms with E-state index >= 15 is 0 Å². The Morgan fingerprint density at radius 3 is 2.81 bits per heavy atom. The molecule has 1 aliphatic rings. The fourth-order valence-corrected chi connectivity index (χ4v) is 3.33. The van der Waals surface area contributed by atoms with Gasteiger partial charge in [-0.1, -0.05) is 19.1 Å². The van der Waals surface area contributed by atoms with Gasteiger partial charge in [0, 0.05) is 25.7 Å². The summed E-state index contributed by atoms with van der Waals surface area (Å²) in [5.41, 5.74) is 0.674. The zero-order chi connectivity index (χ0) is 19.5. The van der Waals surface area contributed by atoms with E-state index in [-0.39, 0.29) is 18.1 Å². The van der Waals surface area contributed by atoms with Crippen LogP contribution < -0.4 is 16.0 Å². The molecule has 27 heavy (non-hydrogen) atoms. The van der Waals surface area contributed by atoms with Crippen molar-refractivity contribution in [2.75, 3.05) is 39.3 Å². The zero-order valence-electron chi connectivity index (χ0n) is 16.4. The summed E-state index contributed by atoms with van der Waals surface area (Å²) in [6.07, 6.45) is 2.63. The van der Waals surface area contributed by atoms with E-state index in [1.807, 2.05) is 6.92 Å². The molecule has 3 N–H and O–H groups in total. The molecule has 0 aliphatic carbocycles. The smallest absolute Gasteiger partial charge is 0.224 e. The van der Waals surface area contributed by atoms with Crippen LogP contribution in [0.4, 0.5) is 4.39 Å². The lowest BCUT2D eigenvalue weighted by Crippen LogP contribution is -2.42. The number of hydrogen-bond acceptors (Lipinski definition) is 3. The number of rotatable bonds is 9. The second-order valence-electron chi connectivity index (χ2n) is 6.73. The highest BCUT2D eigenvalue weighted by molar-refractivity contribution is 5.80. The van der Waals surface area contributed by atoms with Crippen LogP contribution in [-0.4, -0.2) is 62.1 Å². The van der Waals surface area contributed by atoms with E-state index in [1.54, 1.807) is 12.1 Å². The van der Waals surface area contributed by atoms with Crippen molar-refractivity contribution in [1.29, 1.82) is 0 Å². The molecule has 1 amide bonds. The lowest BCUT2D eigenvalue weighted by molar-refractivity contribution is -0.120. The Morgan fingerprint density at radius 2 is 2.07 bits per heavy atom. The molecular formula is C20H32FN5O. The molecule has 1 aromatic carbocycles. The van der Waals surface area contributed by atoms with Gasteiger partial charge in [0.05, 0.1) is 13.0 Å². The van der Waals surface area contributed by atoms with Gasteiger partial charge in [-0.25, -0.2) is 4.39 Å². The van der Waals surface area contributed by atoms with Crippen LogP contribution in [0.3, 0.4) is 0 Å². The van der Waals surface area contributed by atoms with Crippen LogP contribution in [0.15, 0.2) is 29.3 Å². The molecule has 1 aromatic rings. The normalized spacial score (nSPS) is 17.7. The van der Waals surface area contributed by atoms with Crippen molar-refractivity contribution in [3.8, 4) is 0 Å². The molecule has 0 bridgehead atoms. The Kier molecular flexibility index (Phi) is 9.04. The van der Waals surface area contributed by atoms with Crippen molar-refractivity contribution in [2.24, 2.45) is 4.99 Å². The predicted molar refractivity (Wildman–Crippen MR) is 107 cm³/mol. The van der Waals surface area contributed by atoms with Gasteiger partial charge in [0.25, 0.3) is 0 Å². The molecule has 7 heteroatoms. The molecule has 0 radical (unpaired) electrons. The van der Waals surface area contributed by atoms with Crippen LogP contribution in [0.25, 0.3) is 0 Å². The number of carbonyl (C=O) groups excluding carboxylic acids is 1. The highest BCUT2D eigenvalue weighted by Gasteiger charge is 2.22. The van der Waals surface area contributed by atoms with E-state index in [0.29, 0.717) is 24.7 Å². The molecule has 1 fully saturated rings. The standard InChI is InChI=1S/C20H32FN5O/c1-3-22-20(25-15-18-9-6-12-26(18)4-2)24-11-10-23-19(27)14-16-7-5-8-17(21)13-16/h5,7-8,13,18H,3-4,6,9-12,14-15H2,1-2H3,(H,23,27)(H2,22,24,25). The van der Waals surface area contributed by atoms with Crippen LogP contribution in [0.5, 0.6) is 0 Å². The topological polar surface area (TPSA) is 68.8 Å². The van der Waals surface area contributed by atoms with Crippen molar-refractivity contribution in [1.82, 2.24) is 20.9 Å². The van der Waals surface area contributed by atoms with E-state index in [9.17, 15) is 9.18 Å². The number of guanidine groups is 1. The minimum absolute atomic E-state index is 0.117. The molecule has 1 unspecified atom stereocenters. The molecule has 0 aromatic heterocycles. The van der Waals surface area contributed by atoms with Crippen LogP contribution in [0, 0.1) is 5.82 Å². The third-order valence-corrected chi connectivity index (χ3v) is 4.70. The largest absolute Gasteiger partial charge is 0.357 e. The molecule has 1 atom stereocenters. The summed E-state index contributed by atoms with van der Waals surface area (Å²) >= 11 is 0. The van der Waals surface area contributed by atoms with Crippen LogP contribution >= 0.6 is 0 Å². The summed E-state index contributed by atoms with van der Waals surface area (Å²) in [4.78, 5) is 19.1. The van der Waals surface area contributed by atoms with Crippen LogP contribution in [-0.2, 0) is 11.2 Å². The average molecular weight is 378 g/mol. The summed E-state index contributed by atoms with van der Waals surface area (Å²) in [7, 11) is 0. The minimum atomic E-state index is -0.322. The van der Waals surface area contributed by atoms with Crippen molar-refractivity contribution in [3.63, 3.8) is 0 Å². The maximum Gasteiger partial charge on any atom is 0.224 e. The van der Waals surface area contributed by atoms with E-state index < -0.39 is 0 Å². The molecule has 1 heterocycles. The maximum atomic E-state index is 13.2. The second kappa shape index (κ2) is 11.5. The van der Waals surface area contributed by atoms with Gasteiger partial charge in [-0.2, -0.15) is 0 Å². The Labute approximate surface area is 161 Å². The second-order valence-corrected chi connectivity index (χ2v) is 6.73. The summed E-state index contributed by atoms with van der Waals surface area (Å²) in [5, 5.41) is 9.34.